The van der Waals surface area contributed by atoms with Gasteiger partial charge in [-0.2, -0.15) is 0 Å². The van der Waals surface area contributed by atoms with Crippen molar-refractivity contribution in [3.8, 4) is 0 Å². The van der Waals surface area contributed by atoms with Crippen LogP contribution in [0, 0.1) is 0 Å². The number of anilines is 1. The molecule has 0 fully saturated rings. The van der Waals surface area contributed by atoms with E-state index >= 15 is 0 Å². The Kier molecular flexibility index (Phi) is 7.38. The molecule has 2 aromatic carbocycles. The summed E-state index contributed by atoms with van der Waals surface area (Å²) in [5.74, 6) is 0.165. The SMILES string of the molecule is CC[C@H](C)c1ccccc1NC(=O)[C@H](C)O/N=C\c1ccc(C(C)(C)C)cc1. The number of amides is 1. The van der Waals surface area contributed by atoms with Gasteiger partial charge in [-0.25, -0.2) is 0 Å². The van der Waals surface area contributed by atoms with Crippen LogP contribution >= 0.6 is 0 Å². The number of nitrogens with zero attached hydrogens (tertiary/aromatic N) is 1. The third-order valence-corrected chi connectivity index (χ3v) is 4.93. The van der Waals surface area contributed by atoms with E-state index in [-0.39, 0.29) is 11.3 Å². The van der Waals surface area contributed by atoms with Crippen LogP contribution in [0.2, 0.25) is 0 Å². The summed E-state index contributed by atoms with van der Waals surface area (Å²) in [6, 6.07) is 16.1. The maximum atomic E-state index is 12.5. The van der Waals surface area contributed by atoms with E-state index in [1.807, 2.05) is 30.3 Å². The van der Waals surface area contributed by atoms with Crippen LogP contribution in [0.1, 0.15) is 70.6 Å². The number of hydrogen-bond acceptors (Lipinski definition) is 3. The third kappa shape index (κ3) is 5.95. The van der Waals surface area contributed by atoms with E-state index in [4.69, 9.17) is 4.84 Å². The smallest absolute Gasteiger partial charge is 0.267 e. The molecule has 4 heteroatoms. The molecule has 4 nitrogen and oxygen atoms in total. The Morgan fingerprint density at radius 1 is 1.11 bits per heavy atom. The van der Waals surface area contributed by atoms with Crippen molar-refractivity contribution < 1.29 is 9.63 Å². The highest BCUT2D eigenvalue weighted by atomic mass is 16.6. The summed E-state index contributed by atoms with van der Waals surface area (Å²) in [6.45, 7) is 12.5. The monoisotopic (exact) mass is 380 g/mol. The number of hydrogen-bond donors (Lipinski definition) is 1. The van der Waals surface area contributed by atoms with Crippen molar-refractivity contribution in [3.63, 3.8) is 0 Å². The summed E-state index contributed by atoms with van der Waals surface area (Å²) in [6.07, 6.45) is 1.95. The maximum Gasteiger partial charge on any atom is 0.267 e. The molecular formula is C24H32N2O2. The second kappa shape index (κ2) is 9.54. The third-order valence-electron chi connectivity index (χ3n) is 4.93. The average molecular weight is 381 g/mol. The number of rotatable bonds is 7. The molecule has 28 heavy (non-hydrogen) atoms. The van der Waals surface area contributed by atoms with Crippen molar-refractivity contribution in [2.75, 3.05) is 5.32 Å². The molecule has 0 radical (unpaired) electrons. The molecule has 1 N–H and O–H groups in total. The lowest BCUT2D eigenvalue weighted by molar-refractivity contribution is -0.126. The Hall–Kier alpha value is -2.62. The Morgan fingerprint density at radius 2 is 1.75 bits per heavy atom. The second-order valence-corrected chi connectivity index (χ2v) is 8.24. The van der Waals surface area contributed by atoms with E-state index in [1.54, 1.807) is 13.1 Å². The molecule has 0 saturated heterocycles. The predicted molar refractivity (Wildman–Crippen MR) is 117 cm³/mol. The van der Waals surface area contributed by atoms with Gasteiger partial charge in [-0.1, -0.05) is 82.2 Å². The Labute approximate surface area is 169 Å². The average Bonchev–Trinajstić information content (AvgIpc) is 2.67. The molecule has 0 heterocycles. The minimum atomic E-state index is -0.685. The molecule has 0 aliphatic heterocycles. The van der Waals surface area contributed by atoms with Gasteiger partial charge in [0, 0.05) is 5.69 Å². The molecule has 0 aliphatic rings. The Morgan fingerprint density at radius 3 is 2.36 bits per heavy atom. The summed E-state index contributed by atoms with van der Waals surface area (Å²) in [5.41, 5.74) is 4.28. The zero-order valence-corrected chi connectivity index (χ0v) is 17.8. The molecule has 0 aromatic heterocycles. The first kappa shape index (κ1) is 21.7. The quantitative estimate of drug-likeness (QED) is 0.482. The first-order chi connectivity index (χ1) is 13.2. The zero-order chi connectivity index (χ0) is 20.7. The lowest BCUT2D eigenvalue weighted by Crippen LogP contribution is -2.27. The van der Waals surface area contributed by atoms with E-state index in [0.29, 0.717) is 5.92 Å². The van der Waals surface area contributed by atoms with Gasteiger partial charge >= 0.3 is 0 Å². The number of para-hydroxylation sites is 1. The number of oxime groups is 1. The fourth-order valence-corrected chi connectivity index (χ4v) is 2.79. The largest absolute Gasteiger partial charge is 0.383 e. The van der Waals surface area contributed by atoms with Crippen molar-refractivity contribution in [3.05, 3.63) is 65.2 Å². The lowest BCUT2D eigenvalue weighted by Gasteiger charge is -2.18. The van der Waals surface area contributed by atoms with Gasteiger partial charge in [-0.05, 0) is 47.4 Å². The first-order valence-electron chi connectivity index (χ1n) is 9.92. The van der Waals surface area contributed by atoms with Gasteiger partial charge in [0.1, 0.15) is 0 Å². The topological polar surface area (TPSA) is 50.7 Å². The lowest BCUT2D eigenvalue weighted by atomic mass is 9.87. The molecule has 0 aliphatic carbocycles. The van der Waals surface area contributed by atoms with Crippen LogP contribution in [-0.2, 0) is 15.0 Å². The minimum absolute atomic E-state index is 0.115. The van der Waals surface area contributed by atoms with Crippen LogP contribution in [0.5, 0.6) is 0 Å². The van der Waals surface area contributed by atoms with Gasteiger partial charge in [0.2, 0.25) is 6.10 Å². The highest BCUT2D eigenvalue weighted by Gasteiger charge is 2.17. The molecule has 0 bridgehead atoms. The maximum absolute atomic E-state index is 12.5. The van der Waals surface area contributed by atoms with E-state index < -0.39 is 6.10 Å². The zero-order valence-electron chi connectivity index (χ0n) is 17.8. The predicted octanol–water partition coefficient (Wildman–Crippen LogP) is 5.88. The molecule has 0 spiro atoms. The van der Waals surface area contributed by atoms with Gasteiger partial charge in [0.05, 0.1) is 6.21 Å². The summed E-state index contributed by atoms with van der Waals surface area (Å²) in [4.78, 5) is 17.8. The molecule has 0 unspecified atom stereocenters. The summed E-state index contributed by atoms with van der Waals surface area (Å²) >= 11 is 0. The van der Waals surface area contributed by atoms with E-state index in [0.717, 1.165) is 23.2 Å². The van der Waals surface area contributed by atoms with Crippen LogP contribution in [0.3, 0.4) is 0 Å². The highest BCUT2D eigenvalue weighted by molar-refractivity contribution is 5.94. The van der Waals surface area contributed by atoms with Gasteiger partial charge in [-0.3, -0.25) is 4.79 Å². The highest BCUT2D eigenvalue weighted by Crippen LogP contribution is 2.26. The summed E-state index contributed by atoms with van der Waals surface area (Å²) in [5, 5.41) is 6.94. The molecule has 2 rings (SSSR count). The Balaban J connectivity index is 1.95. The van der Waals surface area contributed by atoms with E-state index in [9.17, 15) is 4.79 Å². The van der Waals surface area contributed by atoms with Gasteiger partial charge in [0.15, 0.2) is 0 Å². The molecule has 0 saturated carbocycles. The van der Waals surface area contributed by atoms with Crippen LogP contribution in [0.15, 0.2) is 53.7 Å². The Bertz CT molecular complexity index is 804. The van der Waals surface area contributed by atoms with Crippen LogP contribution in [-0.4, -0.2) is 18.2 Å². The van der Waals surface area contributed by atoms with Gasteiger partial charge in [-0.15, -0.1) is 0 Å². The number of nitrogens with one attached hydrogen (secondary N) is 1. The molecular weight excluding hydrogens is 348 g/mol. The van der Waals surface area contributed by atoms with Crippen molar-refractivity contribution in [1.82, 2.24) is 0 Å². The van der Waals surface area contributed by atoms with Crippen LogP contribution in [0.25, 0.3) is 0 Å². The first-order valence-corrected chi connectivity index (χ1v) is 9.92. The van der Waals surface area contributed by atoms with E-state index in [2.05, 4.69) is 63.3 Å². The fourth-order valence-electron chi connectivity index (χ4n) is 2.79. The van der Waals surface area contributed by atoms with Crippen molar-refractivity contribution in [1.29, 1.82) is 0 Å². The molecule has 2 aromatic rings. The van der Waals surface area contributed by atoms with E-state index in [1.165, 1.54) is 5.56 Å². The number of benzene rings is 2. The van der Waals surface area contributed by atoms with Gasteiger partial charge in [0.25, 0.3) is 5.91 Å². The number of carbonyl (C=O) groups is 1. The minimum Gasteiger partial charge on any atom is -0.383 e. The van der Waals surface area contributed by atoms with Crippen molar-refractivity contribution in [2.45, 2.75) is 65.4 Å². The second-order valence-electron chi connectivity index (χ2n) is 8.24. The van der Waals surface area contributed by atoms with Crippen LogP contribution < -0.4 is 5.32 Å². The number of carbonyl (C=O) groups excluding carboxylic acids is 1. The van der Waals surface area contributed by atoms with Crippen molar-refractivity contribution >= 4 is 17.8 Å². The molecule has 2 atom stereocenters. The summed E-state index contributed by atoms with van der Waals surface area (Å²) in [7, 11) is 0. The molecule has 150 valence electrons. The molecule has 1 amide bonds. The standard InChI is InChI=1S/C24H32N2O2/c1-7-17(2)21-10-8-9-11-22(21)26-23(27)18(3)28-25-16-19-12-14-20(15-13-19)24(4,5)6/h8-18H,7H2,1-6H3,(H,26,27)/b25-16-/t17-,18-/m0/s1. The summed E-state index contributed by atoms with van der Waals surface area (Å²) < 4.78 is 0. The van der Waals surface area contributed by atoms with Crippen LogP contribution in [0.4, 0.5) is 5.69 Å². The normalized spacial score (nSPS) is 13.9. The van der Waals surface area contributed by atoms with Crippen molar-refractivity contribution in [2.24, 2.45) is 5.16 Å². The fraction of sp³-hybridized carbons (Fsp3) is 0.417. The van der Waals surface area contributed by atoms with Gasteiger partial charge < -0.3 is 10.2 Å².